The summed E-state index contributed by atoms with van der Waals surface area (Å²) >= 11 is 0. The molecule has 0 aromatic heterocycles. The standard InChI is InChI=1S/C16H35O3P.C11H16O3S/c1-3-5-7-9-11-13-15-18-20(17)19-16-14-12-10-8-6-4-2;1-9(2)14-8-15(12,13)11-6-4-10(3)5-7-11/h17H,3-16H2,1-2H3;4-7,9H,8H2,1-3H3. The molecule has 0 saturated carbocycles. The van der Waals surface area contributed by atoms with E-state index in [0.717, 1.165) is 18.4 Å². The number of aryl methyl sites for hydroxylation is 1. The molecule has 1 aromatic rings. The lowest BCUT2D eigenvalue weighted by molar-refractivity contribution is 0.115. The van der Waals surface area contributed by atoms with Crippen molar-refractivity contribution in [1.29, 1.82) is 0 Å². The van der Waals surface area contributed by atoms with E-state index >= 15 is 0 Å². The van der Waals surface area contributed by atoms with Crippen molar-refractivity contribution in [2.24, 2.45) is 0 Å². The minimum atomic E-state index is -3.29. The number of unbranched alkanes of at least 4 members (excludes halogenated alkanes) is 10. The van der Waals surface area contributed by atoms with Crippen molar-refractivity contribution < 1.29 is 27.1 Å². The molecule has 6 nitrogen and oxygen atoms in total. The third kappa shape index (κ3) is 21.2. The molecule has 0 aliphatic heterocycles. The van der Waals surface area contributed by atoms with E-state index in [9.17, 15) is 13.3 Å². The number of hydrogen-bond donors (Lipinski definition) is 1. The lowest BCUT2D eigenvalue weighted by Gasteiger charge is -2.10. The first-order chi connectivity index (χ1) is 16.7. The van der Waals surface area contributed by atoms with Crippen LogP contribution in [0, 0.1) is 6.92 Å². The summed E-state index contributed by atoms with van der Waals surface area (Å²) in [6.07, 6.45) is 14.8. The molecule has 0 spiro atoms. The lowest BCUT2D eigenvalue weighted by atomic mass is 10.1. The maximum absolute atomic E-state index is 11.7. The highest BCUT2D eigenvalue weighted by Crippen LogP contribution is 2.33. The Kier molecular flexibility index (Phi) is 22.3. The van der Waals surface area contributed by atoms with Crippen LogP contribution < -0.4 is 0 Å². The van der Waals surface area contributed by atoms with Gasteiger partial charge in [-0.3, -0.25) is 0 Å². The minimum Gasteiger partial charge on any atom is -0.363 e. The van der Waals surface area contributed by atoms with Gasteiger partial charge in [-0.1, -0.05) is 95.8 Å². The number of rotatable bonds is 20. The predicted molar refractivity (Wildman–Crippen MR) is 147 cm³/mol. The van der Waals surface area contributed by atoms with Gasteiger partial charge in [0.1, 0.15) is 0 Å². The van der Waals surface area contributed by atoms with Crippen LogP contribution in [-0.4, -0.2) is 38.6 Å². The maximum atomic E-state index is 11.7. The Morgan fingerprint density at radius 2 is 1.20 bits per heavy atom. The number of ether oxygens (including phenoxy) is 1. The van der Waals surface area contributed by atoms with Crippen LogP contribution in [-0.2, 0) is 23.6 Å². The van der Waals surface area contributed by atoms with Gasteiger partial charge in [0, 0.05) is 0 Å². The van der Waals surface area contributed by atoms with E-state index in [1.807, 2.05) is 20.8 Å². The average molecular weight is 535 g/mol. The second-order valence-electron chi connectivity index (χ2n) is 9.20. The maximum Gasteiger partial charge on any atom is 0.329 e. The number of benzene rings is 1. The van der Waals surface area contributed by atoms with Gasteiger partial charge in [-0.2, -0.15) is 0 Å². The van der Waals surface area contributed by atoms with Crippen molar-refractivity contribution in [2.45, 2.75) is 123 Å². The van der Waals surface area contributed by atoms with E-state index in [0.29, 0.717) is 18.1 Å². The fourth-order valence-corrected chi connectivity index (χ4v) is 4.91. The fourth-order valence-electron chi connectivity index (χ4n) is 3.13. The Labute approximate surface area is 217 Å². The largest absolute Gasteiger partial charge is 0.363 e. The molecule has 0 bridgehead atoms. The summed E-state index contributed by atoms with van der Waals surface area (Å²) in [4.78, 5) is 9.86. The van der Waals surface area contributed by atoms with E-state index in [4.69, 9.17) is 13.8 Å². The molecule has 206 valence electrons. The third-order valence-corrected chi connectivity index (χ3v) is 7.58. The lowest BCUT2D eigenvalue weighted by Crippen LogP contribution is -2.14. The molecule has 0 aliphatic carbocycles. The topological polar surface area (TPSA) is 82.1 Å². The summed E-state index contributed by atoms with van der Waals surface area (Å²) in [7, 11) is -4.93. The van der Waals surface area contributed by atoms with E-state index in [2.05, 4.69) is 13.8 Å². The van der Waals surface area contributed by atoms with Crippen LogP contribution in [0.4, 0.5) is 0 Å². The van der Waals surface area contributed by atoms with Crippen molar-refractivity contribution in [2.75, 3.05) is 19.2 Å². The average Bonchev–Trinajstić information content (AvgIpc) is 2.82. The smallest absolute Gasteiger partial charge is 0.329 e. The van der Waals surface area contributed by atoms with Crippen molar-refractivity contribution in [3.05, 3.63) is 29.8 Å². The molecule has 0 atom stereocenters. The summed E-state index contributed by atoms with van der Waals surface area (Å²) in [5.74, 6) is -0.256. The molecule has 0 fully saturated rings. The first-order valence-electron chi connectivity index (χ1n) is 13.4. The van der Waals surface area contributed by atoms with E-state index in [1.165, 1.54) is 64.2 Å². The van der Waals surface area contributed by atoms with Gasteiger partial charge in [-0.05, 0) is 45.7 Å². The Balaban J connectivity index is 0.000000686. The summed E-state index contributed by atoms with van der Waals surface area (Å²) in [6, 6.07) is 6.77. The summed E-state index contributed by atoms with van der Waals surface area (Å²) < 4.78 is 39.1. The zero-order chi connectivity index (χ0) is 26.4. The van der Waals surface area contributed by atoms with Crippen LogP contribution in [0.3, 0.4) is 0 Å². The molecule has 0 radical (unpaired) electrons. The molecule has 1 rings (SSSR count). The van der Waals surface area contributed by atoms with Gasteiger partial charge >= 0.3 is 8.60 Å². The highest BCUT2D eigenvalue weighted by atomic mass is 32.2. The second kappa shape index (κ2) is 22.6. The quantitative estimate of drug-likeness (QED) is 0.134. The van der Waals surface area contributed by atoms with Crippen molar-refractivity contribution in [3.8, 4) is 0 Å². The second-order valence-corrected chi connectivity index (χ2v) is 12.1. The molecule has 0 aliphatic rings. The molecule has 1 N–H and O–H groups in total. The molecule has 0 heterocycles. The summed E-state index contributed by atoms with van der Waals surface area (Å²) in [5, 5.41) is 0. The minimum absolute atomic E-state index is 0.0785. The van der Waals surface area contributed by atoms with Gasteiger partial charge in [-0.25, -0.2) is 8.42 Å². The number of sulfone groups is 1. The highest BCUT2D eigenvalue weighted by molar-refractivity contribution is 7.91. The Bertz CT molecular complexity index is 676. The molecular formula is C27H51O6PS. The van der Waals surface area contributed by atoms with E-state index < -0.39 is 18.4 Å². The van der Waals surface area contributed by atoms with Gasteiger partial charge in [0.15, 0.2) is 5.94 Å². The first-order valence-corrected chi connectivity index (χ1v) is 16.2. The van der Waals surface area contributed by atoms with Crippen LogP contribution in [0.2, 0.25) is 0 Å². The highest BCUT2D eigenvalue weighted by Gasteiger charge is 2.14. The van der Waals surface area contributed by atoms with Crippen molar-refractivity contribution in [1.82, 2.24) is 0 Å². The van der Waals surface area contributed by atoms with E-state index in [1.54, 1.807) is 24.3 Å². The third-order valence-electron chi connectivity index (χ3n) is 5.34. The van der Waals surface area contributed by atoms with Crippen LogP contribution in [0.1, 0.15) is 110 Å². The van der Waals surface area contributed by atoms with Gasteiger partial charge in [0.25, 0.3) is 0 Å². The summed E-state index contributed by atoms with van der Waals surface area (Å²) in [5.41, 5.74) is 1.04. The molecule has 0 amide bonds. The first kappa shape index (κ1) is 34.4. The zero-order valence-electron chi connectivity index (χ0n) is 22.8. The Morgan fingerprint density at radius 1 is 0.771 bits per heavy atom. The number of hydrogen-bond acceptors (Lipinski definition) is 6. The molecule has 0 unspecified atom stereocenters. The predicted octanol–water partition coefficient (Wildman–Crippen LogP) is 8.11. The van der Waals surface area contributed by atoms with Gasteiger partial charge in [-0.15, -0.1) is 0 Å². The van der Waals surface area contributed by atoms with Crippen molar-refractivity contribution >= 4 is 18.4 Å². The SMILES string of the molecule is CCCCCCCCOP(O)OCCCCCCCC.Cc1ccc(S(=O)(=O)COC(C)C)cc1. The zero-order valence-corrected chi connectivity index (χ0v) is 24.5. The Morgan fingerprint density at radius 3 is 1.63 bits per heavy atom. The van der Waals surface area contributed by atoms with E-state index in [-0.39, 0.29) is 12.0 Å². The molecule has 8 heteroatoms. The van der Waals surface area contributed by atoms with Gasteiger partial charge in [0.05, 0.1) is 24.2 Å². The summed E-state index contributed by atoms with van der Waals surface area (Å²) in [6.45, 7) is 11.2. The van der Waals surface area contributed by atoms with Crippen LogP contribution in [0.5, 0.6) is 0 Å². The molecule has 35 heavy (non-hydrogen) atoms. The van der Waals surface area contributed by atoms with Gasteiger partial charge in [0.2, 0.25) is 9.84 Å². The normalized spacial score (nSPS) is 11.7. The van der Waals surface area contributed by atoms with Crippen LogP contribution >= 0.6 is 8.60 Å². The fraction of sp³-hybridized carbons (Fsp3) is 0.778. The van der Waals surface area contributed by atoms with Crippen molar-refractivity contribution in [3.63, 3.8) is 0 Å². The molecule has 0 saturated heterocycles. The van der Waals surface area contributed by atoms with Crippen LogP contribution in [0.25, 0.3) is 0 Å². The van der Waals surface area contributed by atoms with Crippen LogP contribution in [0.15, 0.2) is 29.2 Å². The molecular weight excluding hydrogens is 483 g/mol. The Hall–Kier alpha value is -0.560. The molecule has 1 aromatic carbocycles. The van der Waals surface area contributed by atoms with Gasteiger partial charge < -0.3 is 18.7 Å². The monoisotopic (exact) mass is 534 g/mol.